The third-order valence-electron chi connectivity index (χ3n) is 5.49. The number of nitrogens with zero attached hydrogens (tertiary/aromatic N) is 2. The zero-order valence-electron chi connectivity index (χ0n) is 18.4. The van der Waals surface area contributed by atoms with Crippen LogP contribution in [-0.2, 0) is 11.2 Å². The topological polar surface area (TPSA) is 93.1 Å². The molecule has 0 saturated heterocycles. The molecule has 7 nitrogen and oxygen atoms in total. The van der Waals surface area contributed by atoms with E-state index in [9.17, 15) is 14.4 Å². The second-order valence-corrected chi connectivity index (χ2v) is 8.65. The molecule has 1 aliphatic rings. The highest BCUT2D eigenvalue weighted by Crippen LogP contribution is 2.35. The zero-order valence-corrected chi connectivity index (χ0v) is 18.4. The fourth-order valence-corrected chi connectivity index (χ4v) is 3.70. The summed E-state index contributed by atoms with van der Waals surface area (Å²) in [5.74, 6) is 0.528. The highest BCUT2D eigenvalue weighted by Gasteiger charge is 2.28. The first kappa shape index (κ1) is 21.7. The monoisotopic (exact) mass is 432 g/mol. The normalized spacial score (nSPS) is 13.3. The van der Waals surface area contributed by atoms with Crippen molar-refractivity contribution in [2.24, 2.45) is 5.92 Å². The lowest BCUT2D eigenvalue weighted by atomic mass is 10.1. The number of carbonyl (C=O) groups is 2. The summed E-state index contributed by atoms with van der Waals surface area (Å²) in [6.07, 6.45) is 2.43. The number of hydrogen-bond donors (Lipinski definition) is 2. The minimum atomic E-state index is -0.223. The van der Waals surface area contributed by atoms with Crippen LogP contribution in [0.5, 0.6) is 0 Å². The fourth-order valence-electron chi connectivity index (χ4n) is 3.70. The van der Waals surface area contributed by atoms with Gasteiger partial charge in [0.15, 0.2) is 0 Å². The molecule has 166 valence electrons. The smallest absolute Gasteiger partial charge is 0.261 e. The molecule has 4 rings (SSSR count). The van der Waals surface area contributed by atoms with Crippen LogP contribution in [0.2, 0.25) is 0 Å². The van der Waals surface area contributed by atoms with Gasteiger partial charge < -0.3 is 10.6 Å². The molecule has 1 aromatic heterocycles. The predicted octanol–water partition coefficient (Wildman–Crippen LogP) is 3.69. The van der Waals surface area contributed by atoms with E-state index in [2.05, 4.69) is 15.6 Å². The van der Waals surface area contributed by atoms with Gasteiger partial charge in [0.2, 0.25) is 5.91 Å². The molecule has 0 aliphatic heterocycles. The van der Waals surface area contributed by atoms with E-state index in [4.69, 9.17) is 0 Å². The van der Waals surface area contributed by atoms with Gasteiger partial charge in [-0.1, -0.05) is 38.1 Å². The maximum Gasteiger partial charge on any atom is 0.261 e. The minimum absolute atomic E-state index is 0.0410. The fraction of sp³-hybridized carbons (Fsp3) is 0.360. The quantitative estimate of drug-likeness (QED) is 0.568. The second-order valence-electron chi connectivity index (χ2n) is 8.65. The molecule has 0 spiro atoms. The number of rotatable bonds is 8. The van der Waals surface area contributed by atoms with Gasteiger partial charge >= 0.3 is 0 Å². The predicted molar refractivity (Wildman–Crippen MR) is 125 cm³/mol. The van der Waals surface area contributed by atoms with Gasteiger partial charge in [-0.2, -0.15) is 0 Å². The van der Waals surface area contributed by atoms with E-state index < -0.39 is 0 Å². The van der Waals surface area contributed by atoms with Crippen molar-refractivity contribution in [2.45, 2.75) is 45.6 Å². The molecule has 2 aromatic carbocycles. The van der Waals surface area contributed by atoms with Gasteiger partial charge in [0.05, 0.1) is 22.2 Å². The van der Waals surface area contributed by atoms with E-state index in [-0.39, 0.29) is 29.8 Å². The summed E-state index contributed by atoms with van der Waals surface area (Å²) in [6, 6.07) is 14.4. The molecule has 1 aliphatic carbocycles. The molecule has 1 fully saturated rings. The van der Waals surface area contributed by atoms with Crippen LogP contribution in [0.4, 0.5) is 5.69 Å². The summed E-state index contributed by atoms with van der Waals surface area (Å²) in [4.78, 5) is 42.9. The van der Waals surface area contributed by atoms with Crippen molar-refractivity contribution in [1.29, 1.82) is 0 Å². The first-order valence-electron chi connectivity index (χ1n) is 11.1. The first-order valence-corrected chi connectivity index (χ1v) is 11.1. The van der Waals surface area contributed by atoms with Crippen LogP contribution in [0.1, 0.15) is 55.3 Å². The molecular formula is C25H28N4O3. The minimum Gasteiger partial charge on any atom is -0.352 e. The van der Waals surface area contributed by atoms with Crippen LogP contribution < -0.4 is 16.2 Å². The Bertz CT molecular complexity index is 1210. The second kappa shape index (κ2) is 9.34. The first-order chi connectivity index (χ1) is 15.4. The average molecular weight is 433 g/mol. The Morgan fingerprint density at radius 1 is 1.09 bits per heavy atom. The van der Waals surface area contributed by atoms with E-state index in [1.807, 2.05) is 32.0 Å². The summed E-state index contributed by atoms with van der Waals surface area (Å²) < 4.78 is 1.75. The van der Waals surface area contributed by atoms with E-state index >= 15 is 0 Å². The molecule has 3 aromatic rings. The van der Waals surface area contributed by atoms with Crippen molar-refractivity contribution < 1.29 is 9.59 Å². The Morgan fingerprint density at radius 3 is 2.56 bits per heavy atom. The van der Waals surface area contributed by atoms with Crippen molar-refractivity contribution >= 4 is 28.4 Å². The van der Waals surface area contributed by atoms with Gasteiger partial charge in [-0.3, -0.25) is 19.0 Å². The zero-order chi connectivity index (χ0) is 22.7. The lowest BCUT2D eigenvalue weighted by Gasteiger charge is -2.14. The maximum absolute atomic E-state index is 13.0. The Balaban J connectivity index is 1.49. The highest BCUT2D eigenvalue weighted by atomic mass is 16.2. The molecule has 0 bridgehead atoms. The van der Waals surface area contributed by atoms with Gasteiger partial charge in [-0.05, 0) is 43.0 Å². The number of benzene rings is 2. The van der Waals surface area contributed by atoms with Crippen molar-refractivity contribution in [3.8, 4) is 0 Å². The van der Waals surface area contributed by atoms with E-state index in [1.165, 1.54) is 0 Å². The summed E-state index contributed by atoms with van der Waals surface area (Å²) in [6.45, 7) is 4.61. The van der Waals surface area contributed by atoms with E-state index in [0.717, 1.165) is 12.8 Å². The number of aromatic nitrogens is 2. The van der Waals surface area contributed by atoms with Crippen LogP contribution in [0, 0.1) is 5.92 Å². The number of hydrogen-bond acceptors (Lipinski definition) is 4. The maximum atomic E-state index is 13.0. The van der Waals surface area contributed by atoms with Crippen LogP contribution in [-0.4, -0.2) is 27.9 Å². The Morgan fingerprint density at radius 2 is 1.81 bits per heavy atom. The molecule has 1 heterocycles. The van der Waals surface area contributed by atoms with E-state index in [0.29, 0.717) is 46.9 Å². The summed E-state index contributed by atoms with van der Waals surface area (Å²) in [5.41, 5.74) is 1.52. The molecule has 32 heavy (non-hydrogen) atoms. The van der Waals surface area contributed by atoms with Crippen molar-refractivity contribution in [3.63, 3.8) is 0 Å². The van der Waals surface area contributed by atoms with Crippen LogP contribution in [0.25, 0.3) is 10.9 Å². The molecule has 2 amide bonds. The third kappa shape index (κ3) is 4.88. The Hall–Kier alpha value is -3.48. The molecular weight excluding hydrogens is 404 g/mol. The molecule has 0 atom stereocenters. The number of para-hydroxylation sites is 2. The molecule has 2 N–H and O–H groups in total. The summed E-state index contributed by atoms with van der Waals surface area (Å²) in [5, 5.41) is 6.34. The van der Waals surface area contributed by atoms with Gasteiger partial charge in [-0.15, -0.1) is 0 Å². The third-order valence-corrected chi connectivity index (χ3v) is 5.49. The van der Waals surface area contributed by atoms with Crippen LogP contribution in [0.3, 0.4) is 0 Å². The SMILES string of the molecule is CC(C)CNC(=O)c1ccccc1NC(=O)CCc1nc2ccccc2c(=O)n1C1CC1. The Kier molecular flexibility index (Phi) is 6.35. The van der Waals surface area contributed by atoms with Crippen molar-refractivity contribution in [3.05, 3.63) is 70.3 Å². The molecule has 0 radical (unpaired) electrons. The van der Waals surface area contributed by atoms with Gasteiger partial charge in [0.25, 0.3) is 11.5 Å². The van der Waals surface area contributed by atoms with E-state index in [1.54, 1.807) is 34.9 Å². The van der Waals surface area contributed by atoms with Crippen molar-refractivity contribution in [1.82, 2.24) is 14.9 Å². The van der Waals surface area contributed by atoms with Crippen LogP contribution in [0.15, 0.2) is 53.3 Å². The number of fused-ring (bicyclic) bond motifs is 1. The highest BCUT2D eigenvalue weighted by molar-refractivity contribution is 6.03. The number of anilines is 1. The lowest BCUT2D eigenvalue weighted by Crippen LogP contribution is -2.28. The van der Waals surface area contributed by atoms with Gasteiger partial charge in [0, 0.05) is 25.4 Å². The number of nitrogens with one attached hydrogen (secondary N) is 2. The van der Waals surface area contributed by atoms with Gasteiger partial charge in [-0.25, -0.2) is 4.98 Å². The Labute approximate surface area is 186 Å². The molecule has 0 unspecified atom stereocenters. The summed E-state index contributed by atoms with van der Waals surface area (Å²) >= 11 is 0. The largest absolute Gasteiger partial charge is 0.352 e. The average Bonchev–Trinajstić information content (AvgIpc) is 3.61. The molecule has 1 saturated carbocycles. The lowest BCUT2D eigenvalue weighted by molar-refractivity contribution is -0.116. The standard InChI is InChI=1S/C25H28N4O3/c1-16(2)15-26-24(31)18-7-3-5-9-20(18)28-23(30)14-13-22-27-21-10-6-4-8-19(21)25(32)29(22)17-11-12-17/h3-10,16-17H,11-15H2,1-2H3,(H,26,31)(H,28,30). The molecule has 7 heteroatoms. The van der Waals surface area contributed by atoms with Crippen LogP contribution >= 0.6 is 0 Å². The number of amides is 2. The van der Waals surface area contributed by atoms with Crippen molar-refractivity contribution in [2.75, 3.05) is 11.9 Å². The number of aryl methyl sites for hydroxylation is 1. The summed E-state index contributed by atoms with van der Waals surface area (Å²) in [7, 11) is 0. The number of carbonyl (C=O) groups excluding carboxylic acids is 2. The van der Waals surface area contributed by atoms with Gasteiger partial charge in [0.1, 0.15) is 5.82 Å².